The maximum absolute atomic E-state index is 13.0. The number of benzene rings is 2. The Morgan fingerprint density at radius 2 is 1.79 bits per heavy atom. The number of carbonyl (C=O) groups is 1. The molecule has 224 valence electrons. The molecule has 7 nitrogen and oxygen atoms in total. The minimum Gasteiger partial charge on any atom is -0.381 e. The fourth-order valence-electron chi connectivity index (χ4n) is 6.91. The summed E-state index contributed by atoms with van der Waals surface area (Å²) < 4.78 is 17.5. The lowest BCUT2D eigenvalue weighted by Crippen LogP contribution is -2.44. The lowest BCUT2D eigenvalue weighted by molar-refractivity contribution is -0.142. The summed E-state index contributed by atoms with van der Waals surface area (Å²) in [6.07, 6.45) is 6.65. The van der Waals surface area contributed by atoms with E-state index in [1.54, 1.807) is 0 Å². The Bertz CT molecular complexity index is 1310. The molecule has 4 heterocycles. The van der Waals surface area contributed by atoms with Crippen LogP contribution in [0.2, 0.25) is 0 Å². The van der Waals surface area contributed by atoms with Crippen molar-refractivity contribution in [2.24, 2.45) is 5.92 Å². The lowest BCUT2D eigenvalue weighted by atomic mass is 9.80. The Morgan fingerprint density at radius 3 is 2.55 bits per heavy atom. The average molecular weight is 572 g/mol. The number of ether oxygens (including phenoxy) is 3. The van der Waals surface area contributed by atoms with Crippen LogP contribution in [0.15, 0.2) is 54.7 Å². The first-order valence-electron chi connectivity index (χ1n) is 15.9. The summed E-state index contributed by atoms with van der Waals surface area (Å²) in [6, 6.07) is 17.4. The number of piperidine rings is 1. The largest absolute Gasteiger partial charge is 0.381 e. The molecule has 0 radical (unpaired) electrons. The number of fused-ring (bicyclic) bond motifs is 1. The van der Waals surface area contributed by atoms with Gasteiger partial charge in [-0.2, -0.15) is 0 Å². The Morgan fingerprint density at radius 1 is 1.00 bits per heavy atom. The number of nitrogens with zero attached hydrogens (tertiary/aromatic N) is 3. The van der Waals surface area contributed by atoms with E-state index in [2.05, 4.69) is 54.3 Å². The maximum atomic E-state index is 13.0. The predicted octanol–water partition coefficient (Wildman–Crippen LogP) is 5.45. The number of hydrogen-bond donors (Lipinski definition) is 0. The molecule has 7 heteroatoms. The van der Waals surface area contributed by atoms with Gasteiger partial charge in [0.25, 0.3) is 5.91 Å². The van der Waals surface area contributed by atoms with Crippen LogP contribution in [0.5, 0.6) is 0 Å². The number of pyridine rings is 1. The quantitative estimate of drug-likeness (QED) is 0.302. The summed E-state index contributed by atoms with van der Waals surface area (Å²) in [6.45, 7) is 10.8. The van der Waals surface area contributed by atoms with Gasteiger partial charge in [-0.25, -0.2) is 0 Å². The molecule has 0 bridgehead atoms. The number of para-hydroxylation sites is 1. The summed E-state index contributed by atoms with van der Waals surface area (Å²) >= 11 is 0. The highest BCUT2D eigenvalue weighted by molar-refractivity contribution is 5.88. The number of aryl methyl sites for hydroxylation is 1. The van der Waals surface area contributed by atoms with Gasteiger partial charge in [0.1, 0.15) is 6.10 Å². The molecule has 3 saturated heterocycles. The van der Waals surface area contributed by atoms with Crippen molar-refractivity contribution in [3.63, 3.8) is 0 Å². The first kappa shape index (κ1) is 29.2. The molecule has 3 aliphatic rings. The summed E-state index contributed by atoms with van der Waals surface area (Å²) in [5.74, 6) is 0.969. The molecule has 2 aromatic carbocycles. The molecule has 0 aliphatic carbocycles. The van der Waals surface area contributed by atoms with Gasteiger partial charge >= 0.3 is 0 Å². The zero-order valence-corrected chi connectivity index (χ0v) is 25.0. The van der Waals surface area contributed by atoms with E-state index in [-0.39, 0.29) is 12.0 Å². The third kappa shape index (κ3) is 6.86. The van der Waals surface area contributed by atoms with E-state index >= 15 is 0 Å². The summed E-state index contributed by atoms with van der Waals surface area (Å²) in [5.41, 5.74) is 5.98. The van der Waals surface area contributed by atoms with Crippen molar-refractivity contribution in [2.45, 2.75) is 51.0 Å². The van der Waals surface area contributed by atoms with E-state index in [4.69, 9.17) is 19.2 Å². The number of carbonyl (C=O) groups excluding carboxylic acids is 1. The smallest absolute Gasteiger partial charge is 0.251 e. The van der Waals surface area contributed by atoms with Crippen LogP contribution in [0, 0.1) is 12.8 Å². The lowest BCUT2D eigenvalue weighted by Gasteiger charge is -2.37. The maximum Gasteiger partial charge on any atom is 0.251 e. The predicted molar refractivity (Wildman–Crippen MR) is 166 cm³/mol. The van der Waals surface area contributed by atoms with Crippen LogP contribution in [-0.2, 0) is 19.0 Å². The fraction of sp³-hybridized carbons (Fsp3) is 0.543. The van der Waals surface area contributed by atoms with E-state index in [1.807, 2.05) is 17.2 Å². The van der Waals surface area contributed by atoms with Crippen molar-refractivity contribution < 1.29 is 19.0 Å². The van der Waals surface area contributed by atoms with Crippen LogP contribution in [0.3, 0.4) is 0 Å². The molecule has 0 saturated carbocycles. The average Bonchev–Trinajstić information content (AvgIpc) is 3.59. The first-order valence-corrected chi connectivity index (χ1v) is 15.9. The van der Waals surface area contributed by atoms with E-state index < -0.39 is 0 Å². The van der Waals surface area contributed by atoms with Gasteiger partial charge in [-0.05, 0) is 67.7 Å². The standard InChI is InChI=1S/C35H45N3O4/c1-26-30-6-2-3-7-33(30)36-24-31(26)27-9-11-28(12-10-27)32(25-41-20-5-15-37-18-22-40-23-19-37)29-13-16-38(17-14-29)35(39)34-8-4-21-42-34/h2-3,6-7,9-12,24,29,32,34H,4-5,8,13-23,25H2,1H3/t32?,34-/m1/s1. The van der Waals surface area contributed by atoms with Gasteiger partial charge in [0.2, 0.25) is 0 Å². The van der Waals surface area contributed by atoms with Crippen LogP contribution in [0.25, 0.3) is 22.0 Å². The monoisotopic (exact) mass is 571 g/mol. The number of likely N-dealkylation sites (tertiary alicyclic amines) is 1. The number of morpholine rings is 1. The van der Waals surface area contributed by atoms with Crippen molar-refractivity contribution in [1.82, 2.24) is 14.8 Å². The van der Waals surface area contributed by atoms with Crippen LogP contribution < -0.4 is 0 Å². The minimum absolute atomic E-state index is 0.186. The van der Waals surface area contributed by atoms with Crippen LogP contribution in [0.1, 0.15) is 49.1 Å². The van der Waals surface area contributed by atoms with Gasteiger partial charge in [0, 0.05) is 69.0 Å². The Hall–Kier alpha value is -2.84. The van der Waals surface area contributed by atoms with Crippen LogP contribution in [0.4, 0.5) is 0 Å². The topological polar surface area (TPSA) is 64.1 Å². The van der Waals surface area contributed by atoms with Gasteiger partial charge in [0.15, 0.2) is 0 Å². The van der Waals surface area contributed by atoms with Crippen LogP contribution >= 0.6 is 0 Å². The second kappa shape index (κ2) is 14.1. The highest BCUT2D eigenvalue weighted by Gasteiger charge is 2.33. The van der Waals surface area contributed by atoms with Crippen molar-refractivity contribution in [2.75, 3.05) is 65.8 Å². The zero-order chi connectivity index (χ0) is 28.7. The molecule has 2 atom stereocenters. The molecule has 1 amide bonds. The third-order valence-corrected chi connectivity index (χ3v) is 9.48. The molecule has 0 spiro atoms. The molecular weight excluding hydrogens is 526 g/mol. The van der Waals surface area contributed by atoms with Crippen molar-refractivity contribution in [3.8, 4) is 11.1 Å². The molecule has 3 fully saturated rings. The Balaban J connectivity index is 1.13. The van der Waals surface area contributed by atoms with Crippen molar-refractivity contribution >= 4 is 16.8 Å². The van der Waals surface area contributed by atoms with Crippen molar-refractivity contribution in [3.05, 3.63) is 65.9 Å². The molecule has 3 aliphatic heterocycles. The van der Waals surface area contributed by atoms with Crippen LogP contribution in [-0.4, -0.2) is 92.6 Å². The fourth-order valence-corrected chi connectivity index (χ4v) is 6.91. The van der Waals surface area contributed by atoms with E-state index in [0.717, 1.165) is 90.2 Å². The molecule has 0 N–H and O–H groups in total. The SMILES string of the molecule is Cc1c(-c2ccc(C(COCCCN3CCOCC3)C3CCN(C(=O)[C@H]4CCCO4)CC3)cc2)cnc2ccccc12. The van der Waals surface area contributed by atoms with Gasteiger partial charge in [0.05, 0.1) is 25.3 Å². The number of aromatic nitrogens is 1. The minimum atomic E-state index is -0.229. The zero-order valence-electron chi connectivity index (χ0n) is 25.0. The van der Waals surface area contributed by atoms with Gasteiger partial charge in [-0.1, -0.05) is 42.5 Å². The molecular formula is C35H45N3O4. The van der Waals surface area contributed by atoms with Gasteiger partial charge in [-0.3, -0.25) is 14.7 Å². The van der Waals surface area contributed by atoms with Gasteiger partial charge in [-0.15, -0.1) is 0 Å². The Labute approximate surface area is 250 Å². The van der Waals surface area contributed by atoms with Gasteiger partial charge < -0.3 is 19.1 Å². The molecule has 1 unspecified atom stereocenters. The highest BCUT2D eigenvalue weighted by atomic mass is 16.5. The normalized spacial score (nSPS) is 21.2. The first-order chi connectivity index (χ1) is 20.7. The van der Waals surface area contributed by atoms with E-state index in [1.165, 1.54) is 27.6 Å². The third-order valence-electron chi connectivity index (χ3n) is 9.48. The number of rotatable bonds is 10. The summed E-state index contributed by atoms with van der Waals surface area (Å²) in [7, 11) is 0. The number of hydrogen-bond acceptors (Lipinski definition) is 6. The second-order valence-corrected chi connectivity index (χ2v) is 12.1. The summed E-state index contributed by atoms with van der Waals surface area (Å²) in [4.78, 5) is 22.2. The molecule has 3 aromatic rings. The van der Waals surface area contributed by atoms with E-state index in [9.17, 15) is 4.79 Å². The summed E-state index contributed by atoms with van der Waals surface area (Å²) in [5, 5.41) is 1.20. The molecule has 42 heavy (non-hydrogen) atoms. The second-order valence-electron chi connectivity index (χ2n) is 12.1. The Kier molecular flexibility index (Phi) is 9.81. The van der Waals surface area contributed by atoms with Crippen molar-refractivity contribution in [1.29, 1.82) is 0 Å². The number of amides is 1. The molecule has 1 aromatic heterocycles. The molecule has 6 rings (SSSR count). The van der Waals surface area contributed by atoms with E-state index in [0.29, 0.717) is 25.0 Å². The highest BCUT2D eigenvalue weighted by Crippen LogP contribution is 2.36.